The normalized spacial score (nSPS) is 23.7. The third kappa shape index (κ3) is 5.49. The summed E-state index contributed by atoms with van der Waals surface area (Å²) in [7, 11) is 0. The lowest BCUT2D eigenvalue weighted by Crippen LogP contribution is -2.52. The van der Waals surface area contributed by atoms with E-state index in [0.717, 1.165) is 12.0 Å². The van der Waals surface area contributed by atoms with Gasteiger partial charge in [-0.1, -0.05) is 56.5 Å². The van der Waals surface area contributed by atoms with Crippen molar-refractivity contribution >= 4 is 40.9 Å². The second kappa shape index (κ2) is 9.04. The van der Waals surface area contributed by atoms with E-state index in [-0.39, 0.29) is 5.91 Å². The van der Waals surface area contributed by atoms with Crippen molar-refractivity contribution in [2.24, 2.45) is 11.8 Å². The zero-order valence-corrected chi connectivity index (χ0v) is 15.6. The van der Waals surface area contributed by atoms with Crippen molar-refractivity contribution in [3.05, 3.63) is 40.9 Å². The fourth-order valence-corrected chi connectivity index (χ4v) is 3.33. The average Bonchev–Trinajstić information content (AvgIpc) is 2.56. The number of rotatable bonds is 3. The molecule has 1 aromatic carbocycles. The summed E-state index contributed by atoms with van der Waals surface area (Å²) in [6.45, 7) is 4.52. The molecular weight excluding hydrogens is 342 g/mol. The second-order valence-electron chi connectivity index (χ2n) is 6.32. The van der Waals surface area contributed by atoms with Crippen LogP contribution in [0.1, 0.15) is 38.7 Å². The largest absolute Gasteiger partial charge is 0.358 e. The monoisotopic (exact) mass is 365 g/mol. The summed E-state index contributed by atoms with van der Waals surface area (Å²) in [5, 5.41) is 4.35. The molecule has 0 bridgehead atoms. The molecule has 0 aliphatic heterocycles. The molecular formula is C18H24ClN3OS. The Bertz CT molecular complexity index is 620. The van der Waals surface area contributed by atoms with E-state index in [0.29, 0.717) is 28.0 Å². The molecule has 1 aromatic rings. The predicted molar refractivity (Wildman–Crippen MR) is 103 cm³/mol. The number of hydrogen-bond donors (Lipinski definition) is 3. The maximum Gasteiger partial charge on any atom is 0.262 e. The lowest BCUT2D eigenvalue weighted by Gasteiger charge is -2.35. The molecule has 3 N–H and O–H groups in total. The Kier molecular flexibility index (Phi) is 7.06. The van der Waals surface area contributed by atoms with Gasteiger partial charge in [0.15, 0.2) is 5.11 Å². The van der Waals surface area contributed by atoms with Crippen molar-refractivity contribution in [2.75, 3.05) is 0 Å². The summed E-state index contributed by atoms with van der Waals surface area (Å²) >= 11 is 11.3. The van der Waals surface area contributed by atoms with Crippen molar-refractivity contribution in [1.82, 2.24) is 16.2 Å². The van der Waals surface area contributed by atoms with E-state index in [2.05, 4.69) is 30.0 Å². The van der Waals surface area contributed by atoms with Crippen LogP contribution < -0.4 is 16.2 Å². The fraction of sp³-hybridized carbons (Fsp3) is 0.444. The standard InChI is InChI=1S/C18H24ClN3OS/c1-12-6-5-9-16(13(12)2)20-18(24)22-21-17(23)11-10-14-7-3-4-8-15(14)19/h3-4,7-8,10-13,16H,5-6,9H2,1-2H3,(H,21,23)(H2,20,22,24)/b11-10+/t12-,13-,16+/m1/s1. The number of hydrogen-bond acceptors (Lipinski definition) is 2. The van der Waals surface area contributed by atoms with Crippen LogP contribution in [-0.2, 0) is 4.79 Å². The number of amides is 1. The van der Waals surface area contributed by atoms with Gasteiger partial charge in [0, 0.05) is 17.1 Å². The Hall–Kier alpha value is -1.59. The molecule has 1 aliphatic rings. The molecule has 3 atom stereocenters. The Morgan fingerprint density at radius 2 is 2.00 bits per heavy atom. The minimum Gasteiger partial charge on any atom is -0.358 e. The molecule has 1 saturated carbocycles. The number of thiocarbonyl (C=S) groups is 1. The van der Waals surface area contributed by atoms with Crippen LogP contribution in [-0.4, -0.2) is 17.1 Å². The van der Waals surface area contributed by atoms with Crippen LogP contribution in [0.2, 0.25) is 5.02 Å². The number of carbonyl (C=O) groups is 1. The third-order valence-electron chi connectivity index (χ3n) is 4.64. The van der Waals surface area contributed by atoms with Crippen LogP contribution in [0.15, 0.2) is 30.3 Å². The van der Waals surface area contributed by atoms with Crippen LogP contribution in [0, 0.1) is 11.8 Å². The van der Waals surface area contributed by atoms with Gasteiger partial charge in [0.2, 0.25) is 0 Å². The van der Waals surface area contributed by atoms with Crippen molar-refractivity contribution in [1.29, 1.82) is 0 Å². The highest BCUT2D eigenvalue weighted by Crippen LogP contribution is 2.29. The molecule has 4 nitrogen and oxygen atoms in total. The van der Waals surface area contributed by atoms with Crippen molar-refractivity contribution in [3.8, 4) is 0 Å². The summed E-state index contributed by atoms with van der Waals surface area (Å²) < 4.78 is 0. The van der Waals surface area contributed by atoms with Gasteiger partial charge >= 0.3 is 0 Å². The summed E-state index contributed by atoms with van der Waals surface area (Å²) in [5.74, 6) is 0.964. The van der Waals surface area contributed by atoms with Crippen LogP contribution in [0.3, 0.4) is 0 Å². The third-order valence-corrected chi connectivity index (χ3v) is 5.21. The van der Waals surface area contributed by atoms with Gasteiger partial charge in [0.1, 0.15) is 0 Å². The Morgan fingerprint density at radius 1 is 1.25 bits per heavy atom. The highest BCUT2D eigenvalue weighted by Gasteiger charge is 2.27. The predicted octanol–water partition coefficient (Wildman–Crippen LogP) is 3.67. The molecule has 1 fully saturated rings. The fourth-order valence-electron chi connectivity index (χ4n) is 2.93. The minimum absolute atomic E-state index is 0.288. The van der Waals surface area contributed by atoms with E-state index in [9.17, 15) is 4.79 Å². The molecule has 24 heavy (non-hydrogen) atoms. The van der Waals surface area contributed by atoms with Gasteiger partial charge < -0.3 is 5.32 Å². The summed E-state index contributed by atoms with van der Waals surface area (Å²) in [6.07, 6.45) is 6.67. The van der Waals surface area contributed by atoms with Crippen molar-refractivity contribution in [3.63, 3.8) is 0 Å². The number of carbonyl (C=O) groups excluding carboxylic acids is 1. The van der Waals surface area contributed by atoms with Gasteiger partial charge in [-0.3, -0.25) is 15.6 Å². The zero-order chi connectivity index (χ0) is 17.5. The molecule has 0 unspecified atom stereocenters. The van der Waals surface area contributed by atoms with E-state index >= 15 is 0 Å². The molecule has 0 saturated heterocycles. The Balaban J connectivity index is 1.77. The van der Waals surface area contributed by atoms with Crippen LogP contribution in [0.25, 0.3) is 6.08 Å². The minimum atomic E-state index is -0.288. The first-order valence-electron chi connectivity index (χ1n) is 8.26. The lowest BCUT2D eigenvalue weighted by atomic mass is 9.78. The van der Waals surface area contributed by atoms with Gasteiger partial charge in [-0.25, -0.2) is 0 Å². The topological polar surface area (TPSA) is 53.2 Å². The molecule has 1 aliphatic carbocycles. The van der Waals surface area contributed by atoms with E-state index < -0.39 is 0 Å². The zero-order valence-electron chi connectivity index (χ0n) is 14.0. The van der Waals surface area contributed by atoms with Gasteiger partial charge in [-0.2, -0.15) is 0 Å². The van der Waals surface area contributed by atoms with Crippen LogP contribution in [0.4, 0.5) is 0 Å². The first kappa shape index (κ1) is 18.7. The number of nitrogens with one attached hydrogen (secondary N) is 3. The highest BCUT2D eigenvalue weighted by molar-refractivity contribution is 7.80. The quantitative estimate of drug-likeness (QED) is 0.434. The number of hydrazine groups is 1. The molecule has 0 aromatic heterocycles. The maximum atomic E-state index is 11.8. The molecule has 1 amide bonds. The van der Waals surface area contributed by atoms with Crippen molar-refractivity contribution in [2.45, 2.75) is 39.2 Å². The smallest absolute Gasteiger partial charge is 0.262 e. The lowest BCUT2D eigenvalue weighted by molar-refractivity contribution is -0.116. The van der Waals surface area contributed by atoms with Gasteiger partial charge in [-0.15, -0.1) is 0 Å². The SMILES string of the molecule is C[C@@H]1[C@H](C)CCC[C@@H]1NC(=S)NNC(=O)/C=C/c1ccccc1Cl. The van der Waals surface area contributed by atoms with Gasteiger partial charge in [0.05, 0.1) is 0 Å². The van der Waals surface area contributed by atoms with E-state index in [1.807, 2.05) is 18.2 Å². The molecule has 0 radical (unpaired) electrons. The molecule has 2 rings (SSSR count). The van der Waals surface area contributed by atoms with E-state index in [1.54, 1.807) is 12.1 Å². The number of halogens is 1. The summed E-state index contributed by atoms with van der Waals surface area (Å²) in [6, 6.07) is 7.69. The Morgan fingerprint density at radius 3 is 2.75 bits per heavy atom. The van der Waals surface area contributed by atoms with Gasteiger partial charge in [0.25, 0.3) is 5.91 Å². The van der Waals surface area contributed by atoms with Crippen molar-refractivity contribution < 1.29 is 4.79 Å². The first-order chi connectivity index (χ1) is 11.5. The van der Waals surface area contributed by atoms with E-state index in [4.69, 9.17) is 23.8 Å². The summed E-state index contributed by atoms with van der Waals surface area (Å²) in [5.41, 5.74) is 6.11. The average molecular weight is 366 g/mol. The number of benzene rings is 1. The molecule has 6 heteroatoms. The molecule has 130 valence electrons. The second-order valence-corrected chi connectivity index (χ2v) is 7.13. The van der Waals surface area contributed by atoms with Crippen LogP contribution in [0.5, 0.6) is 0 Å². The molecule has 0 spiro atoms. The Labute approximate surface area is 154 Å². The highest BCUT2D eigenvalue weighted by atomic mass is 35.5. The molecule has 0 heterocycles. The van der Waals surface area contributed by atoms with Gasteiger partial charge in [-0.05, 0) is 48.2 Å². The van der Waals surface area contributed by atoms with Crippen LogP contribution >= 0.6 is 23.8 Å². The summed E-state index contributed by atoms with van der Waals surface area (Å²) in [4.78, 5) is 11.8. The maximum absolute atomic E-state index is 11.8. The first-order valence-corrected chi connectivity index (χ1v) is 9.05. The van der Waals surface area contributed by atoms with E-state index in [1.165, 1.54) is 18.9 Å².